The van der Waals surface area contributed by atoms with Crippen LogP contribution >= 0.6 is 11.6 Å². The molecule has 0 atom stereocenters. The molecule has 0 aromatic carbocycles. The number of rotatable bonds is 4. The molecule has 0 amide bonds. The molecule has 1 aromatic heterocycles. The van der Waals surface area contributed by atoms with Gasteiger partial charge in [-0.2, -0.15) is 0 Å². The van der Waals surface area contributed by atoms with Gasteiger partial charge in [-0.05, 0) is 0 Å². The Hall–Kier alpha value is -1.83. The molecular weight excluding hydrogens is 262 g/mol. The summed E-state index contributed by atoms with van der Waals surface area (Å²) in [5.41, 5.74) is -2.31. The maximum absolute atomic E-state index is 12.4. The van der Waals surface area contributed by atoms with E-state index in [0.29, 0.717) is 0 Å². The van der Waals surface area contributed by atoms with Crippen LogP contribution in [0.5, 0.6) is 0 Å². The predicted molar refractivity (Wildman–Crippen MR) is 52.2 cm³/mol. The van der Waals surface area contributed by atoms with Gasteiger partial charge in [0.25, 0.3) is 6.43 Å². The summed E-state index contributed by atoms with van der Waals surface area (Å²) in [5, 5.41) is 18.5. The second-order valence-corrected chi connectivity index (χ2v) is 3.34. The zero-order valence-electron chi connectivity index (χ0n) is 8.06. The van der Waals surface area contributed by atoms with Crippen LogP contribution in [0.3, 0.4) is 0 Å². The molecule has 0 fully saturated rings. The van der Waals surface area contributed by atoms with Crippen molar-refractivity contribution in [2.45, 2.75) is 12.8 Å². The summed E-state index contributed by atoms with van der Waals surface area (Å²) in [7, 11) is 0. The van der Waals surface area contributed by atoms with Gasteiger partial charge in [-0.25, -0.2) is 13.8 Å². The Balaban J connectivity index is 3.38. The number of carboxylic acids is 1. The van der Waals surface area contributed by atoms with Crippen molar-refractivity contribution in [1.82, 2.24) is 4.98 Å². The highest BCUT2D eigenvalue weighted by atomic mass is 35.5. The van der Waals surface area contributed by atoms with E-state index >= 15 is 0 Å². The van der Waals surface area contributed by atoms with Gasteiger partial charge in [0.2, 0.25) is 0 Å². The molecule has 0 saturated heterocycles. The Bertz CT molecular complexity index is 481. The molecule has 9 heteroatoms. The minimum Gasteiger partial charge on any atom is -0.481 e. The van der Waals surface area contributed by atoms with Crippen molar-refractivity contribution < 1.29 is 23.6 Å². The largest absolute Gasteiger partial charge is 0.481 e. The monoisotopic (exact) mass is 266 g/mol. The average Bonchev–Trinajstić information content (AvgIpc) is 2.19. The molecular formula is C8H5ClF2N2O4. The number of carbonyl (C=O) groups is 1. The van der Waals surface area contributed by atoms with Gasteiger partial charge in [0.1, 0.15) is 5.02 Å². The van der Waals surface area contributed by atoms with E-state index < -0.39 is 40.1 Å². The standard InChI is InChI=1S/C8H5ClF2N2O4/c9-5-3(1-4(14)15)2-12-6(8(10)11)7(5)13(16)17/h2,8H,1H2,(H,14,15). The normalized spacial score (nSPS) is 10.6. The van der Waals surface area contributed by atoms with Gasteiger partial charge in [-0.3, -0.25) is 14.9 Å². The zero-order chi connectivity index (χ0) is 13.2. The molecule has 1 rings (SSSR count). The predicted octanol–water partition coefficient (Wildman–Crippen LogP) is 2.21. The Labute approximate surface area is 98.0 Å². The van der Waals surface area contributed by atoms with E-state index in [1.807, 2.05) is 0 Å². The maximum Gasteiger partial charge on any atom is 0.315 e. The lowest BCUT2D eigenvalue weighted by molar-refractivity contribution is -0.386. The van der Waals surface area contributed by atoms with E-state index in [1.165, 1.54) is 0 Å². The summed E-state index contributed by atoms with van der Waals surface area (Å²) in [4.78, 5) is 23.1. The van der Waals surface area contributed by atoms with Crippen molar-refractivity contribution in [2.24, 2.45) is 0 Å². The third-order valence-corrected chi connectivity index (χ3v) is 2.24. The molecule has 92 valence electrons. The van der Waals surface area contributed by atoms with Crippen LogP contribution in [0.15, 0.2) is 6.20 Å². The minimum absolute atomic E-state index is 0.185. The Morgan fingerprint density at radius 2 is 2.24 bits per heavy atom. The van der Waals surface area contributed by atoms with Crippen LogP contribution in [-0.2, 0) is 11.2 Å². The first-order valence-electron chi connectivity index (χ1n) is 4.16. The molecule has 0 unspecified atom stereocenters. The fourth-order valence-corrected chi connectivity index (χ4v) is 1.43. The van der Waals surface area contributed by atoms with Crippen molar-refractivity contribution in [2.75, 3.05) is 0 Å². The molecule has 0 radical (unpaired) electrons. The molecule has 0 spiro atoms. The number of pyridine rings is 1. The number of carboxylic acid groups (broad SMARTS) is 1. The van der Waals surface area contributed by atoms with E-state index in [4.69, 9.17) is 16.7 Å². The van der Waals surface area contributed by atoms with Gasteiger partial charge >= 0.3 is 11.7 Å². The highest BCUT2D eigenvalue weighted by molar-refractivity contribution is 6.33. The fourth-order valence-electron chi connectivity index (χ4n) is 1.15. The van der Waals surface area contributed by atoms with E-state index in [2.05, 4.69) is 4.98 Å². The van der Waals surface area contributed by atoms with E-state index in [-0.39, 0.29) is 5.56 Å². The van der Waals surface area contributed by atoms with Crippen molar-refractivity contribution in [3.05, 3.63) is 32.6 Å². The fraction of sp³-hybridized carbons (Fsp3) is 0.250. The first-order chi connectivity index (χ1) is 7.84. The Morgan fingerprint density at radius 3 is 2.65 bits per heavy atom. The third-order valence-electron chi connectivity index (χ3n) is 1.82. The number of aliphatic carboxylic acids is 1. The van der Waals surface area contributed by atoms with Gasteiger partial charge in [-0.15, -0.1) is 0 Å². The molecule has 17 heavy (non-hydrogen) atoms. The SMILES string of the molecule is O=C(O)Cc1cnc(C(F)F)c([N+](=O)[O-])c1Cl. The Morgan fingerprint density at radius 1 is 1.65 bits per heavy atom. The van der Waals surface area contributed by atoms with Crippen LogP contribution in [0, 0.1) is 10.1 Å². The molecule has 1 aromatic rings. The molecule has 1 N–H and O–H groups in total. The van der Waals surface area contributed by atoms with Crippen LogP contribution in [0.25, 0.3) is 0 Å². The van der Waals surface area contributed by atoms with Gasteiger partial charge in [0.05, 0.1) is 11.3 Å². The summed E-state index contributed by atoms with van der Waals surface area (Å²) >= 11 is 5.52. The van der Waals surface area contributed by atoms with Gasteiger partial charge in [-0.1, -0.05) is 11.6 Å². The number of nitrogens with zero attached hydrogens (tertiary/aromatic N) is 2. The Kier molecular flexibility index (Phi) is 3.89. The lowest BCUT2D eigenvalue weighted by atomic mass is 10.1. The van der Waals surface area contributed by atoms with Crippen LogP contribution in [0.1, 0.15) is 17.7 Å². The van der Waals surface area contributed by atoms with E-state index in [1.54, 1.807) is 0 Å². The van der Waals surface area contributed by atoms with Gasteiger partial charge < -0.3 is 5.11 Å². The lowest BCUT2D eigenvalue weighted by Gasteiger charge is -2.05. The minimum atomic E-state index is -3.16. The molecule has 1 heterocycles. The third kappa shape index (κ3) is 2.84. The van der Waals surface area contributed by atoms with Crippen LogP contribution in [-0.4, -0.2) is 21.0 Å². The molecule has 0 aliphatic rings. The van der Waals surface area contributed by atoms with Crippen molar-refractivity contribution in [1.29, 1.82) is 0 Å². The number of alkyl halides is 2. The number of nitro groups is 1. The molecule has 0 aliphatic carbocycles. The van der Waals surface area contributed by atoms with Crippen molar-refractivity contribution in [3.63, 3.8) is 0 Å². The number of halogens is 3. The van der Waals surface area contributed by atoms with Gasteiger partial charge in [0, 0.05) is 11.8 Å². The summed E-state index contributed by atoms with van der Waals surface area (Å²) < 4.78 is 24.8. The van der Waals surface area contributed by atoms with E-state index in [0.717, 1.165) is 6.20 Å². The van der Waals surface area contributed by atoms with Crippen LogP contribution in [0.4, 0.5) is 14.5 Å². The number of hydrogen-bond acceptors (Lipinski definition) is 4. The van der Waals surface area contributed by atoms with Crippen LogP contribution < -0.4 is 0 Å². The first kappa shape index (κ1) is 13.2. The number of aromatic nitrogens is 1. The average molecular weight is 267 g/mol. The lowest BCUT2D eigenvalue weighted by Crippen LogP contribution is -2.06. The van der Waals surface area contributed by atoms with Crippen LogP contribution in [0.2, 0.25) is 5.02 Å². The zero-order valence-corrected chi connectivity index (χ0v) is 8.82. The quantitative estimate of drug-likeness (QED) is 0.666. The smallest absolute Gasteiger partial charge is 0.315 e. The molecule has 0 saturated carbocycles. The molecule has 0 aliphatic heterocycles. The van der Waals surface area contributed by atoms with Crippen molar-refractivity contribution >= 4 is 23.3 Å². The highest BCUT2D eigenvalue weighted by Crippen LogP contribution is 2.35. The molecule has 6 nitrogen and oxygen atoms in total. The molecule has 0 bridgehead atoms. The summed E-state index contributed by atoms with van der Waals surface area (Å²) in [6.45, 7) is 0. The van der Waals surface area contributed by atoms with E-state index in [9.17, 15) is 23.7 Å². The first-order valence-corrected chi connectivity index (χ1v) is 4.54. The maximum atomic E-state index is 12.4. The topological polar surface area (TPSA) is 93.3 Å². The summed E-state index contributed by atoms with van der Waals surface area (Å²) in [6.07, 6.45) is -2.99. The number of hydrogen-bond donors (Lipinski definition) is 1. The second-order valence-electron chi connectivity index (χ2n) is 2.96. The van der Waals surface area contributed by atoms with Crippen molar-refractivity contribution in [3.8, 4) is 0 Å². The highest BCUT2D eigenvalue weighted by Gasteiger charge is 2.29. The second kappa shape index (κ2) is 5.00. The van der Waals surface area contributed by atoms with Gasteiger partial charge in [0.15, 0.2) is 5.69 Å². The summed E-state index contributed by atoms with van der Waals surface area (Å²) in [6, 6.07) is 0. The summed E-state index contributed by atoms with van der Waals surface area (Å²) in [5.74, 6) is -1.30.